The quantitative estimate of drug-likeness (QED) is 0.870. The van der Waals surface area contributed by atoms with Gasteiger partial charge in [-0.1, -0.05) is 0 Å². The van der Waals surface area contributed by atoms with Crippen molar-refractivity contribution >= 4 is 0 Å². The molecule has 0 aliphatic rings. The second-order valence-electron chi connectivity index (χ2n) is 4.61. The summed E-state index contributed by atoms with van der Waals surface area (Å²) in [5.41, 5.74) is 9.40. The van der Waals surface area contributed by atoms with Crippen LogP contribution in [0.2, 0.25) is 0 Å². The minimum Gasteiger partial charge on any atom is -0.472 e. The number of hydrogen-bond donors (Lipinski definition) is 1. The molecule has 2 aromatic rings. The third kappa shape index (κ3) is 2.47. The lowest BCUT2D eigenvalue weighted by Gasteiger charge is -2.26. The first kappa shape index (κ1) is 12.9. The summed E-state index contributed by atoms with van der Waals surface area (Å²) in [5, 5.41) is 4.28. The summed E-state index contributed by atoms with van der Waals surface area (Å²) < 4.78 is 6.97. The van der Waals surface area contributed by atoms with Crippen molar-refractivity contribution in [1.29, 1.82) is 0 Å². The highest BCUT2D eigenvalue weighted by Crippen LogP contribution is 2.22. The number of hydrogen-bond acceptors (Lipinski definition) is 4. The van der Waals surface area contributed by atoms with Crippen molar-refractivity contribution < 1.29 is 4.42 Å². The van der Waals surface area contributed by atoms with E-state index in [1.807, 2.05) is 24.0 Å². The standard InChI is InChI=1S/C13H20N4O/c1-10-12(7-15-17(10)3)13(6-14)16(2)8-11-4-5-18-9-11/h4-5,7,9,13H,6,8,14H2,1-3H3. The summed E-state index contributed by atoms with van der Waals surface area (Å²) in [7, 11) is 4.01. The maximum Gasteiger partial charge on any atom is 0.0947 e. The molecule has 1 unspecified atom stereocenters. The maximum absolute atomic E-state index is 5.91. The van der Waals surface area contributed by atoms with Gasteiger partial charge in [0.1, 0.15) is 0 Å². The first-order valence-corrected chi connectivity index (χ1v) is 6.03. The number of likely N-dealkylation sites (N-methyl/N-ethyl adjacent to an activating group) is 1. The Kier molecular flexibility index (Phi) is 3.84. The van der Waals surface area contributed by atoms with Crippen molar-refractivity contribution in [2.24, 2.45) is 12.8 Å². The van der Waals surface area contributed by atoms with Crippen molar-refractivity contribution in [1.82, 2.24) is 14.7 Å². The molecule has 2 rings (SSSR count). The van der Waals surface area contributed by atoms with Crippen molar-refractivity contribution in [2.45, 2.75) is 19.5 Å². The zero-order valence-electron chi connectivity index (χ0n) is 11.1. The summed E-state index contributed by atoms with van der Waals surface area (Å²) in [6.07, 6.45) is 5.36. The Balaban J connectivity index is 2.15. The summed E-state index contributed by atoms with van der Waals surface area (Å²) in [6, 6.07) is 2.15. The smallest absolute Gasteiger partial charge is 0.0947 e. The van der Waals surface area contributed by atoms with Gasteiger partial charge in [-0.3, -0.25) is 9.58 Å². The molecule has 0 saturated heterocycles. The number of aryl methyl sites for hydroxylation is 1. The van der Waals surface area contributed by atoms with Crippen molar-refractivity contribution in [3.8, 4) is 0 Å². The van der Waals surface area contributed by atoms with Crippen LogP contribution in [0.4, 0.5) is 0 Å². The molecule has 2 aromatic heterocycles. The zero-order valence-corrected chi connectivity index (χ0v) is 11.1. The van der Waals surface area contributed by atoms with Crippen LogP contribution in [0.5, 0.6) is 0 Å². The normalized spacial score (nSPS) is 13.2. The Labute approximate surface area is 107 Å². The predicted octanol–water partition coefficient (Wildman–Crippen LogP) is 1.45. The second kappa shape index (κ2) is 5.37. The molecule has 0 aliphatic heterocycles. The Morgan fingerprint density at radius 1 is 1.56 bits per heavy atom. The Morgan fingerprint density at radius 3 is 2.83 bits per heavy atom. The molecule has 2 N–H and O–H groups in total. The zero-order chi connectivity index (χ0) is 13.1. The lowest BCUT2D eigenvalue weighted by Crippen LogP contribution is -2.30. The van der Waals surface area contributed by atoms with Crippen LogP contribution >= 0.6 is 0 Å². The van der Waals surface area contributed by atoms with E-state index in [2.05, 4.69) is 24.0 Å². The lowest BCUT2D eigenvalue weighted by molar-refractivity contribution is 0.240. The molecule has 5 heteroatoms. The summed E-state index contributed by atoms with van der Waals surface area (Å²) in [4.78, 5) is 2.22. The van der Waals surface area contributed by atoms with E-state index in [-0.39, 0.29) is 6.04 Å². The second-order valence-corrected chi connectivity index (χ2v) is 4.61. The van der Waals surface area contributed by atoms with Gasteiger partial charge in [0, 0.05) is 37.0 Å². The summed E-state index contributed by atoms with van der Waals surface area (Å²) >= 11 is 0. The maximum atomic E-state index is 5.91. The van der Waals surface area contributed by atoms with Crippen molar-refractivity contribution in [3.05, 3.63) is 41.6 Å². The largest absolute Gasteiger partial charge is 0.472 e. The number of furan rings is 1. The highest BCUT2D eigenvalue weighted by atomic mass is 16.3. The Bertz CT molecular complexity index is 489. The molecule has 5 nitrogen and oxygen atoms in total. The van der Waals surface area contributed by atoms with Gasteiger partial charge in [0.2, 0.25) is 0 Å². The third-order valence-corrected chi connectivity index (χ3v) is 3.40. The van der Waals surface area contributed by atoms with Crippen LogP contribution in [0, 0.1) is 6.92 Å². The molecule has 2 heterocycles. The predicted molar refractivity (Wildman–Crippen MR) is 69.9 cm³/mol. The molecule has 1 atom stereocenters. The van der Waals surface area contributed by atoms with E-state index in [0.717, 1.165) is 17.8 Å². The molecule has 98 valence electrons. The van der Waals surface area contributed by atoms with Crippen LogP contribution in [-0.4, -0.2) is 28.3 Å². The van der Waals surface area contributed by atoms with Crippen LogP contribution < -0.4 is 5.73 Å². The fourth-order valence-corrected chi connectivity index (χ4v) is 2.17. The summed E-state index contributed by atoms with van der Waals surface area (Å²) in [5.74, 6) is 0. The van der Waals surface area contributed by atoms with Gasteiger partial charge in [0.05, 0.1) is 24.8 Å². The molecule has 0 bridgehead atoms. The molecule has 0 aliphatic carbocycles. The van der Waals surface area contributed by atoms with E-state index >= 15 is 0 Å². The first-order valence-electron chi connectivity index (χ1n) is 6.03. The van der Waals surface area contributed by atoms with Gasteiger partial charge >= 0.3 is 0 Å². The van der Waals surface area contributed by atoms with Crippen LogP contribution in [0.3, 0.4) is 0 Å². The van der Waals surface area contributed by atoms with Crippen LogP contribution in [-0.2, 0) is 13.6 Å². The molecule has 0 spiro atoms. The molecule has 0 saturated carbocycles. The fraction of sp³-hybridized carbons (Fsp3) is 0.462. The molecular weight excluding hydrogens is 228 g/mol. The average molecular weight is 248 g/mol. The highest BCUT2D eigenvalue weighted by molar-refractivity contribution is 5.21. The third-order valence-electron chi connectivity index (χ3n) is 3.40. The molecule has 0 fully saturated rings. The Morgan fingerprint density at radius 2 is 2.33 bits per heavy atom. The monoisotopic (exact) mass is 248 g/mol. The molecular formula is C13H20N4O. The number of nitrogens with zero attached hydrogens (tertiary/aromatic N) is 3. The minimum atomic E-state index is 0.175. The topological polar surface area (TPSA) is 60.2 Å². The Hall–Kier alpha value is -1.59. The fourth-order valence-electron chi connectivity index (χ4n) is 2.17. The lowest BCUT2D eigenvalue weighted by atomic mass is 10.1. The van der Waals surface area contributed by atoms with Gasteiger partial charge in [-0.25, -0.2) is 0 Å². The number of rotatable bonds is 5. The van der Waals surface area contributed by atoms with Crippen LogP contribution in [0.25, 0.3) is 0 Å². The average Bonchev–Trinajstić information content (AvgIpc) is 2.95. The van der Waals surface area contributed by atoms with Crippen molar-refractivity contribution in [2.75, 3.05) is 13.6 Å². The molecule has 0 radical (unpaired) electrons. The highest BCUT2D eigenvalue weighted by Gasteiger charge is 2.20. The molecule has 0 aromatic carbocycles. The van der Waals surface area contributed by atoms with E-state index in [1.165, 1.54) is 5.56 Å². The molecule has 18 heavy (non-hydrogen) atoms. The van der Waals surface area contributed by atoms with Gasteiger partial charge in [0.15, 0.2) is 0 Å². The van der Waals surface area contributed by atoms with Gasteiger partial charge in [-0.15, -0.1) is 0 Å². The van der Waals surface area contributed by atoms with E-state index in [0.29, 0.717) is 6.54 Å². The van der Waals surface area contributed by atoms with E-state index in [4.69, 9.17) is 10.2 Å². The van der Waals surface area contributed by atoms with Crippen LogP contribution in [0.1, 0.15) is 22.9 Å². The van der Waals surface area contributed by atoms with E-state index in [9.17, 15) is 0 Å². The van der Waals surface area contributed by atoms with Gasteiger partial charge in [-0.2, -0.15) is 5.10 Å². The van der Waals surface area contributed by atoms with Crippen LogP contribution in [0.15, 0.2) is 29.2 Å². The van der Waals surface area contributed by atoms with Gasteiger partial charge in [-0.05, 0) is 20.0 Å². The SMILES string of the molecule is Cc1c(C(CN)N(C)Cc2ccoc2)cnn1C. The van der Waals surface area contributed by atoms with E-state index < -0.39 is 0 Å². The molecule has 0 amide bonds. The van der Waals surface area contributed by atoms with Crippen molar-refractivity contribution in [3.63, 3.8) is 0 Å². The first-order chi connectivity index (χ1) is 8.63. The minimum absolute atomic E-state index is 0.175. The number of aromatic nitrogens is 2. The number of nitrogens with two attached hydrogens (primary N) is 1. The van der Waals surface area contributed by atoms with E-state index in [1.54, 1.807) is 12.5 Å². The summed E-state index contributed by atoms with van der Waals surface area (Å²) in [6.45, 7) is 3.45. The van der Waals surface area contributed by atoms with Gasteiger partial charge < -0.3 is 10.2 Å². The van der Waals surface area contributed by atoms with Gasteiger partial charge in [0.25, 0.3) is 0 Å².